The molecular weight excluding hydrogens is 138 g/mol. The molecule has 0 spiro atoms. The number of pyridine rings is 1. The van der Waals surface area contributed by atoms with Crippen LogP contribution in [0.4, 0.5) is 0 Å². The van der Waals surface area contributed by atoms with Gasteiger partial charge in [-0.15, -0.1) is 0 Å². The molecular formula is C8H6N3. The minimum atomic E-state index is 0.977. The molecule has 0 atom stereocenters. The van der Waals surface area contributed by atoms with Gasteiger partial charge in [0.25, 0.3) is 0 Å². The Kier molecular flexibility index (Phi) is 1.41. The van der Waals surface area contributed by atoms with E-state index in [9.17, 15) is 0 Å². The van der Waals surface area contributed by atoms with Gasteiger partial charge in [-0.1, -0.05) is 0 Å². The number of hydrogen-bond acceptors (Lipinski definition) is 2. The fraction of sp³-hybridized carbons (Fsp3) is 0. The van der Waals surface area contributed by atoms with E-state index in [1.165, 1.54) is 0 Å². The Morgan fingerprint density at radius 2 is 2.36 bits per heavy atom. The highest BCUT2D eigenvalue weighted by Crippen LogP contribution is 2.01. The second kappa shape index (κ2) is 2.54. The Hall–Kier alpha value is -1.64. The van der Waals surface area contributed by atoms with E-state index in [2.05, 4.69) is 16.3 Å². The molecule has 2 aromatic heterocycles. The van der Waals surface area contributed by atoms with Crippen molar-refractivity contribution < 1.29 is 0 Å². The van der Waals surface area contributed by atoms with E-state index >= 15 is 0 Å². The van der Waals surface area contributed by atoms with Crippen LogP contribution in [0.1, 0.15) is 0 Å². The van der Waals surface area contributed by atoms with E-state index in [0.717, 1.165) is 5.69 Å². The molecule has 0 aliphatic rings. The molecule has 0 aromatic carbocycles. The van der Waals surface area contributed by atoms with E-state index in [0.29, 0.717) is 0 Å². The summed E-state index contributed by atoms with van der Waals surface area (Å²) in [4.78, 5) is 3.79. The van der Waals surface area contributed by atoms with Crippen LogP contribution in [0.5, 0.6) is 0 Å². The lowest BCUT2D eigenvalue weighted by Crippen LogP contribution is -1.93. The average Bonchev–Trinajstić information content (AvgIpc) is 2.58. The minimum Gasteiger partial charge on any atom is -0.254 e. The Bertz CT molecular complexity index is 312. The number of aromatic nitrogens is 3. The Labute approximate surface area is 64.3 Å². The van der Waals surface area contributed by atoms with Crippen molar-refractivity contribution in [1.29, 1.82) is 0 Å². The quantitative estimate of drug-likeness (QED) is 0.599. The van der Waals surface area contributed by atoms with Gasteiger partial charge in [-0.05, 0) is 18.2 Å². The minimum absolute atomic E-state index is 0.977. The van der Waals surface area contributed by atoms with Gasteiger partial charge in [-0.25, -0.2) is 4.68 Å². The van der Waals surface area contributed by atoms with Crippen LogP contribution >= 0.6 is 0 Å². The fourth-order valence-corrected chi connectivity index (χ4v) is 0.872. The highest BCUT2D eigenvalue weighted by Gasteiger charge is 1.91. The maximum atomic E-state index is 4.06. The van der Waals surface area contributed by atoms with Crippen LogP contribution in [-0.2, 0) is 0 Å². The summed E-state index contributed by atoms with van der Waals surface area (Å²) in [5, 5.41) is 4.06. The molecule has 2 aromatic rings. The second-order valence-corrected chi connectivity index (χ2v) is 2.09. The topological polar surface area (TPSA) is 30.7 Å². The van der Waals surface area contributed by atoms with Gasteiger partial charge in [-0.2, -0.15) is 5.10 Å². The third kappa shape index (κ3) is 1.12. The summed E-state index contributed by atoms with van der Waals surface area (Å²) in [6.07, 6.45) is 8.04. The van der Waals surface area contributed by atoms with Gasteiger partial charge in [0.15, 0.2) is 0 Å². The van der Waals surface area contributed by atoms with E-state index < -0.39 is 0 Å². The lowest BCUT2D eigenvalue weighted by Gasteiger charge is -1.96. The first-order chi connectivity index (χ1) is 5.47. The van der Waals surface area contributed by atoms with Crippen LogP contribution in [-0.4, -0.2) is 14.8 Å². The maximum Gasteiger partial charge on any atom is 0.0908 e. The summed E-state index contributed by atoms with van der Waals surface area (Å²) in [5.41, 5.74) is 0.977. The van der Waals surface area contributed by atoms with Crippen molar-refractivity contribution in [1.82, 2.24) is 14.8 Å². The summed E-state index contributed by atoms with van der Waals surface area (Å²) in [7, 11) is 0. The van der Waals surface area contributed by atoms with Crippen LogP contribution in [0.25, 0.3) is 5.69 Å². The highest BCUT2D eigenvalue weighted by molar-refractivity contribution is 5.26. The molecule has 53 valence electrons. The monoisotopic (exact) mass is 144 g/mol. The van der Waals surface area contributed by atoms with Crippen LogP contribution in [0.15, 0.2) is 36.8 Å². The molecule has 11 heavy (non-hydrogen) atoms. The largest absolute Gasteiger partial charge is 0.254 e. The predicted octanol–water partition coefficient (Wildman–Crippen LogP) is 1.07. The van der Waals surface area contributed by atoms with Gasteiger partial charge >= 0.3 is 0 Å². The first-order valence-corrected chi connectivity index (χ1v) is 3.29. The molecule has 0 saturated carbocycles. The highest BCUT2D eigenvalue weighted by atomic mass is 15.3. The molecule has 1 radical (unpaired) electrons. The van der Waals surface area contributed by atoms with E-state index in [1.54, 1.807) is 23.1 Å². The lowest BCUT2D eigenvalue weighted by molar-refractivity contribution is 0.877. The van der Waals surface area contributed by atoms with Crippen molar-refractivity contribution in [3.8, 4) is 5.69 Å². The Morgan fingerprint density at radius 1 is 1.36 bits per heavy atom. The van der Waals surface area contributed by atoms with Crippen LogP contribution in [0, 0.1) is 6.20 Å². The first-order valence-electron chi connectivity index (χ1n) is 3.29. The number of rotatable bonds is 1. The summed E-state index contributed by atoms with van der Waals surface area (Å²) >= 11 is 0. The van der Waals surface area contributed by atoms with Crippen molar-refractivity contribution in [2.24, 2.45) is 0 Å². The Morgan fingerprint density at radius 3 is 3.00 bits per heavy atom. The molecule has 2 heterocycles. The van der Waals surface area contributed by atoms with Gasteiger partial charge in [-0.3, -0.25) is 4.98 Å². The first kappa shape index (κ1) is 6.09. The molecule has 2 rings (SSSR count). The van der Waals surface area contributed by atoms with Gasteiger partial charge < -0.3 is 0 Å². The van der Waals surface area contributed by atoms with Crippen molar-refractivity contribution >= 4 is 0 Å². The lowest BCUT2D eigenvalue weighted by atomic mass is 10.4. The van der Waals surface area contributed by atoms with Gasteiger partial charge in [0, 0.05) is 18.6 Å². The van der Waals surface area contributed by atoms with Crippen molar-refractivity contribution in [2.45, 2.75) is 0 Å². The van der Waals surface area contributed by atoms with E-state index in [4.69, 9.17) is 0 Å². The normalized spacial score (nSPS) is 9.82. The fourth-order valence-electron chi connectivity index (χ4n) is 0.872. The zero-order valence-electron chi connectivity index (χ0n) is 5.81. The molecule has 3 heteroatoms. The molecule has 0 saturated heterocycles. The van der Waals surface area contributed by atoms with Gasteiger partial charge in [0.05, 0.1) is 11.9 Å². The number of hydrogen-bond donors (Lipinski definition) is 0. The average molecular weight is 144 g/mol. The second-order valence-electron chi connectivity index (χ2n) is 2.09. The van der Waals surface area contributed by atoms with E-state index in [-0.39, 0.29) is 0 Å². The molecule has 0 N–H and O–H groups in total. The summed E-state index contributed by atoms with van der Waals surface area (Å²) in [6, 6.07) is 5.54. The van der Waals surface area contributed by atoms with Crippen LogP contribution in [0.2, 0.25) is 0 Å². The molecule has 0 fully saturated rings. The third-order valence-electron chi connectivity index (χ3n) is 1.38. The molecule has 0 unspecified atom stereocenters. The SMILES string of the molecule is [c]1cc(-n2cccn2)ccn1. The van der Waals surface area contributed by atoms with Crippen molar-refractivity contribution in [2.75, 3.05) is 0 Å². The van der Waals surface area contributed by atoms with Gasteiger partial charge in [0.1, 0.15) is 0 Å². The Balaban J connectivity index is 2.46. The molecule has 0 aliphatic heterocycles. The zero-order chi connectivity index (χ0) is 7.52. The summed E-state index contributed by atoms with van der Waals surface area (Å²) in [5.74, 6) is 0. The van der Waals surface area contributed by atoms with Crippen LogP contribution < -0.4 is 0 Å². The summed E-state index contributed by atoms with van der Waals surface area (Å²) in [6.45, 7) is 0. The predicted molar refractivity (Wildman–Crippen MR) is 40.2 cm³/mol. The van der Waals surface area contributed by atoms with E-state index in [1.807, 2.05) is 18.3 Å². The van der Waals surface area contributed by atoms with Crippen molar-refractivity contribution in [3.63, 3.8) is 0 Å². The van der Waals surface area contributed by atoms with Crippen LogP contribution in [0.3, 0.4) is 0 Å². The standard InChI is InChI=1S/C8H6N3/c1-4-10-11(7-1)8-2-5-9-6-3-8/h1-5,7H. The summed E-state index contributed by atoms with van der Waals surface area (Å²) < 4.78 is 1.76. The zero-order valence-corrected chi connectivity index (χ0v) is 5.81. The smallest absolute Gasteiger partial charge is 0.0908 e. The molecule has 0 aliphatic carbocycles. The molecule has 3 nitrogen and oxygen atoms in total. The molecule has 0 bridgehead atoms. The molecule has 0 amide bonds. The van der Waals surface area contributed by atoms with Crippen molar-refractivity contribution in [3.05, 3.63) is 43.0 Å². The third-order valence-corrected chi connectivity index (χ3v) is 1.38. The number of nitrogens with zero attached hydrogens (tertiary/aromatic N) is 3. The maximum absolute atomic E-state index is 4.06. The van der Waals surface area contributed by atoms with Gasteiger partial charge in [0.2, 0.25) is 0 Å².